The topological polar surface area (TPSA) is 38.0 Å². The van der Waals surface area contributed by atoms with Crippen LogP contribution < -0.4 is 11.3 Å². The maximum atomic E-state index is 13.7. The molecule has 0 saturated heterocycles. The molecule has 0 spiro atoms. The number of nitrogens with two attached hydrogens (primary N) is 1. The molecule has 2 nitrogen and oxygen atoms in total. The fourth-order valence-corrected chi connectivity index (χ4v) is 2.35. The average Bonchev–Trinajstić information content (AvgIpc) is 2.33. The monoisotopic (exact) mass is 360 g/mol. The highest BCUT2D eigenvalue weighted by atomic mass is 127. The Labute approximate surface area is 117 Å². The molecular formula is C13H11F2IN2. The SMILES string of the molecule is NNC(c1cccc(I)c1)c1ccc(F)cc1F. The Hall–Kier alpha value is -1.05. The molecule has 2 aromatic carbocycles. The van der Waals surface area contributed by atoms with Crippen LogP contribution in [0.5, 0.6) is 0 Å². The van der Waals surface area contributed by atoms with Crippen molar-refractivity contribution in [2.24, 2.45) is 5.84 Å². The van der Waals surface area contributed by atoms with Crippen LogP contribution in [-0.4, -0.2) is 0 Å². The third-order valence-corrected chi connectivity index (χ3v) is 3.29. The summed E-state index contributed by atoms with van der Waals surface area (Å²) in [5, 5.41) is 0. The fraction of sp³-hybridized carbons (Fsp3) is 0.0769. The predicted molar refractivity (Wildman–Crippen MR) is 74.7 cm³/mol. The van der Waals surface area contributed by atoms with Crippen molar-refractivity contribution in [3.63, 3.8) is 0 Å². The van der Waals surface area contributed by atoms with Gasteiger partial charge < -0.3 is 0 Å². The number of halogens is 3. The van der Waals surface area contributed by atoms with E-state index in [1.807, 2.05) is 24.3 Å². The van der Waals surface area contributed by atoms with Crippen molar-refractivity contribution in [3.05, 3.63) is 68.8 Å². The first kappa shape index (κ1) is 13.4. The molecule has 0 amide bonds. The molecule has 0 fully saturated rings. The molecule has 0 aliphatic carbocycles. The third kappa shape index (κ3) is 2.85. The van der Waals surface area contributed by atoms with Crippen molar-refractivity contribution in [3.8, 4) is 0 Å². The number of benzene rings is 2. The van der Waals surface area contributed by atoms with E-state index in [4.69, 9.17) is 5.84 Å². The summed E-state index contributed by atoms with van der Waals surface area (Å²) in [5.74, 6) is 4.26. The molecule has 0 heterocycles. The molecule has 2 rings (SSSR count). The molecule has 0 aromatic heterocycles. The Balaban J connectivity index is 2.45. The van der Waals surface area contributed by atoms with Crippen LogP contribution >= 0.6 is 22.6 Å². The van der Waals surface area contributed by atoms with Crippen LogP contribution in [-0.2, 0) is 0 Å². The standard InChI is InChI=1S/C13H11F2IN2/c14-9-4-5-11(12(15)7-9)13(18-17)8-2-1-3-10(16)6-8/h1-7,13,18H,17H2. The Morgan fingerprint density at radius 1 is 1.11 bits per heavy atom. The van der Waals surface area contributed by atoms with Gasteiger partial charge in [-0.15, -0.1) is 0 Å². The van der Waals surface area contributed by atoms with Gasteiger partial charge in [0, 0.05) is 15.2 Å². The molecule has 1 atom stereocenters. The van der Waals surface area contributed by atoms with Crippen LogP contribution in [0.4, 0.5) is 8.78 Å². The number of hydrogen-bond acceptors (Lipinski definition) is 2. The fourth-order valence-electron chi connectivity index (χ4n) is 1.79. The summed E-state index contributed by atoms with van der Waals surface area (Å²) < 4.78 is 27.6. The Kier molecular flexibility index (Phi) is 4.26. The third-order valence-electron chi connectivity index (χ3n) is 2.62. The minimum atomic E-state index is -0.614. The second-order valence-electron chi connectivity index (χ2n) is 3.82. The van der Waals surface area contributed by atoms with Crippen LogP contribution in [0.2, 0.25) is 0 Å². The zero-order valence-corrected chi connectivity index (χ0v) is 11.5. The summed E-state index contributed by atoms with van der Waals surface area (Å²) in [6.07, 6.45) is 0. The first-order valence-corrected chi connectivity index (χ1v) is 6.36. The highest BCUT2D eigenvalue weighted by Gasteiger charge is 2.17. The summed E-state index contributed by atoms with van der Waals surface area (Å²) in [7, 11) is 0. The van der Waals surface area contributed by atoms with E-state index in [-0.39, 0.29) is 0 Å². The molecule has 0 radical (unpaired) electrons. The minimum Gasteiger partial charge on any atom is -0.271 e. The molecule has 94 valence electrons. The van der Waals surface area contributed by atoms with E-state index in [1.165, 1.54) is 12.1 Å². The van der Waals surface area contributed by atoms with Crippen LogP contribution in [0, 0.1) is 15.2 Å². The summed E-state index contributed by atoms with van der Waals surface area (Å²) in [6, 6.07) is 10.5. The van der Waals surface area contributed by atoms with Gasteiger partial charge in [-0.25, -0.2) is 14.2 Å². The Morgan fingerprint density at radius 3 is 2.50 bits per heavy atom. The summed E-state index contributed by atoms with van der Waals surface area (Å²) in [5.41, 5.74) is 3.71. The second-order valence-corrected chi connectivity index (χ2v) is 5.07. The highest BCUT2D eigenvalue weighted by Crippen LogP contribution is 2.25. The molecule has 3 N–H and O–H groups in total. The molecular weight excluding hydrogens is 349 g/mol. The quantitative estimate of drug-likeness (QED) is 0.502. The van der Waals surface area contributed by atoms with Gasteiger partial charge in [0.25, 0.3) is 0 Å². The number of hydrogen-bond donors (Lipinski definition) is 2. The van der Waals surface area contributed by atoms with Crippen LogP contribution in [0.25, 0.3) is 0 Å². The average molecular weight is 360 g/mol. The molecule has 0 aliphatic rings. The van der Waals surface area contributed by atoms with Crippen molar-refractivity contribution in [2.45, 2.75) is 6.04 Å². The molecule has 18 heavy (non-hydrogen) atoms. The lowest BCUT2D eigenvalue weighted by molar-refractivity contribution is 0.541. The maximum Gasteiger partial charge on any atom is 0.131 e. The lowest BCUT2D eigenvalue weighted by Crippen LogP contribution is -2.29. The van der Waals surface area contributed by atoms with Crippen molar-refractivity contribution in [1.82, 2.24) is 5.43 Å². The van der Waals surface area contributed by atoms with E-state index >= 15 is 0 Å². The van der Waals surface area contributed by atoms with Gasteiger partial charge in [-0.3, -0.25) is 5.84 Å². The predicted octanol–water partition coefficient (Wildman–Crippen LogP) is 3.12. The zero-order chi connectivity index (χ0) is 13.1. The minimum absolute atomic E-state index is 0.320. The molecule has 0 saturated carbocycles. The first-order chi connectivity index (χ1) is 8.61. The number of rotatable bonds is 3. The zero-order valence-electron chi connectivity index (χ0n) is 9.33. The number of hydrazine groups is 1. The van der Waals surface area contributed by atoms with Gasteiger partial charge in [0.05, 0.1) is 6.04 Å². The maximum absolute atomic E-state index is 13.7. The molecule has 2 aromatic rings. The normalized spacial score (nSPS) is 12.4. The van der Waals surface area contributed by atoms with E-state index in [1.54, 1.807) is 0 Å². The van der Waals surface area contributed by atoms with Gasteiger partial charge in [-0.05, 0) is 46.4 Å². The largest absolute Gasteiger partial charge is 0.271 e. The van der Waals surface area contributed by atoms with Gasteiger partial charge in [0.2, 0.25) is 0 Å². The lowest BCUT2D eigenvalue weighted by atomic mass is 9.99. The molecule has 1 unspecified atom stereocenters. The van der Waals surface area contributed by atoms with E-state index in [0.29, 0.717) is 5.56 Å². The van der Waals surface area contributed by atoms with Crippen LogP contribution in [0.3, 0.4) is 0 Å². The molecule has 5 heteroatoms. The summed E-state index contributed by atoms with van der Waals surface area (Å²) in [6.45, 7) is 0. The van der Waals surface area contributed by atoms with Crippen molar-refractivity contribution >= 4 is 22.6 Å². The smallest absolute Gasteiger partial charge is 0.131 e. The van der Waals surface area contributed by atoms with Crippen LogP contribution in [0.1, 0.15) is 17.2 Å². The lowest BCUT2D eigenvalue weighted by Gasteiger charge is -2.17. The van der Waals surface area contributed by atoms with Crippen LogP contribution in [0.15, 0.2) is 42.5 Å². The van der Waals surface area contributed by atoms with Gasteiger partial charge in [-0.1, -0.05) is 18.2 Å². The van der Waals surface area contributed by atoms with Crippen molar-refractivity contribution in [2.75, 3.05) is 0 Å². The van der Waals surface area contributed by atoms with E-state index in [0.717, 1.165) is 15.2 Å². The van der Waals surface area contributed by atoms with Crippen molar-refractivity contribution < 1.29 is 8.78 Å². The van der Waals surface area contributed by atoms with Gasteiger partial charge in [0.1, 0.15) is 11.6 Å². The number of nitrogens with one attached hydrogen (secondary N) is 1. The molecule has 0 aliphatic heterocycles. The Bertz CT molecular complexity index is 560. The van der Waals surface area contributed by atoms with E-state index in [2.05, 4.69) is 28.0 Å². The summed E-state index contributed by atoms with van der Waals surface area (Å²) in [4.78, 5) is 0. The molecule has 0 bridgehead atoms. The van der Waals surface area contributed by atoms with E-state index < -0.39 is 17.7 Å². The van der Waals surface area contributed by atoms with Gasteiger partial charge in [0.15, 0.2) is 0 Å². The Morgan fingerprint density at radius 2 is 1.89 bits per heavy atom. The van der Waals surface area contributed by atoms with Gasteiger partial charge >= 0.3 is 0 Å². The summed E-state index contributed by atoms with van der Waals surface area (Å²) >= 11 is 2.17. The van der Waals surface area contributed by atoms with Crippen molar-refractivity contribution in [1.29, 1.82) is 0 Å². The highest BCUT2D eigenvalue weighted by molar-refractivity contribution is 14.1. The van der Waals surface area contributed by atoms with E-state index in [9.17, 15) is 8.78 Å². The second kappa shape index (κ2) is 5.73. The van der Waals surface area contributed by atoms with Gasteiger partial charge in [-0.2, -0.15) is 0 Å². The first-order valence-electron chi connectivity index (χ1n) is 5.28.